The Kier molecular flexibility index (Phi) is 3.80. The van der Waals surface area contributed by atoms with Gasteiger partial charge in [-0.1, -0.05) is 0 Å². The number of aryl methyl sites for hydroxylation is 2. The van der Waals surface area contributed by atoms with Gasteiger partial charge < -0.3 is 10.1 Å². The van der Waals surface area contributed by atoms with Gasteiger partial charge in [0.25, 0.3) is 5.91 Å². The second-order valence-corrected chi connectivity index (χ2v) is 4.93. The number of carbonyl (C=O) groups excluding carboxylic acids is 1. The molecular weight excluding hydrogens is 296 g/mol. The largest absolute Gasteiger partial charge is 0.479 e. The third-order valence-corrected chi connectivity index (χ3v) is 3.31. The summed E-state index contributed by atoms with van der Waals surface area (Å²) in [4.78, 5) is 20.8. The van der Waals surface area contributed by atoms with Crippen LogP contribution in [0.5, 0.6) is 5.88 Å². The Morgan fingerprint density at radius 2 is 2.13 bits per heavy atom. The average molecular weight is 312 g/mol. The molecule has 8 heteroatoms. The van der Waals surface area contributed by atoms with Crippen molar-refractivity contribution in [1.82, 2.24) is 24.3 Å². The maximum Gasteiger partial charge on any atom is 0.262 e. The van der Waals surface area contributed by atoms with Crippen molar-refractivity contribution in [2.45, 2.75) is 6.92 Å². The Morgan fingerprint density at radius 1 is 1.30 bits per heavy atom. The number of amides is 1. The zero-order chi connectivity index (χ0) is 16.4. The molecule has 118 valence electrons. The lowest BCUT2D eigenvalue weighted by atomic mass is 10.3. The predicted molar refractivity (Wildman–Crippen MR) is 83.8 cm³/mol. The first kappa shape index (κ1) is 14.8. The molecule has 0 aliphatic rings. The number of rotatable bonds is 4. The number of anilines is 1. The van der Waals surface area contributed by atoms with Crippen molar-refractivity contribution in [3.8, 4) is 11.7 Å². The van der Waals surface area contributed by atoms with E-state index in [1.54, 1.807) is 31.7 Å². The highest BCUT2D eigenvalue weighted by atomic mass is 16.5. The van der Waals surface area contributed by atoms with Gasteiger partial charge in [-0.2, -0.15) is 0 Å². The van der Waals surface area contributed by atoms with Crippen LogP contribution >= 0.6 is 0 Å². The molecule has 0 saturated carbocycles. The third-order valence-electron chi connectivity index (χ3n) is 3.31. The smallest absolute Gasteiger partial charge is 0.262 e. The Hall–Kier alpha value is -3.16. The van der Waals surface area contributed by atoms with Crippen LogP contribution in [-0.2, 0) is 7.05 Å². The van der Waals surface area contributed by atoms with E-state index in [2.05, 4.69) is 20.4 Å². The molecule has 1 N–H and O–H groups in total. The van der Waals surface area contributed by atoms with Crippen LogP contribution in [0.15, 0.2) is 36.9 Å². The fourth-order valence-corrected chi connectivity index (χ4v) is 2.20. The predicted octanol–water partition coefficient (Wildman–Crippen LogP) is 1.57. The molecule has 0 saturated heterocycles. The van der Waals surface area contributed by atoms with Gasteiger partial charge in [-0.25, -0.2) is 9.97 Å². The Labute approximate surface area is 132 Å². The second-order valence-electron chi connectivity index (χ2n) is 4.93. The summed E-state index contributed by atoms with van der Waals surface area (Å²) in [5, 5.41) is 6.83. The number of aromatic nitrogens is 5. The van der Waals surface area contributed by atoms with Crippen molar-refractivity contribution in [2.75, 3.05) is 12.4 Å². The molecule has 3 rings (SSSR count). The summed E-state index contributed by atoms with van der Waals surface area (Å²) in [6.07, 6.45) is 6.73. The monoisotopic (exact) mass is 312 g/mol. The first-order valence-electron chi connectivity index (χ1n) is 6.94. The summed E-state index contributed by atoms with van der Waals surface area (Å²) in [5.74, 6) is 1.55. The summed E-state index contributed by atoms with van der Waals surface area (Å²) in [6, 6.07) is 3.59. The molecule has 0 spiro atoms. The van der Waals surface area contributed by atoms with Crippen LogP contribution in [0.4, 0.5) is 5.69 Å². The molecule has 3 aromatic rings. The molecule has 0 atom stereocenters. The average Bonchev–Trinajstić information content (AvgIpc) is 3.13. The minimum Gasteiger partial charge on any atom is -0.479 e. The van der Waals surface area contributed by atoms with Gasteiger partial charge in [0.15, 0.2) is 0 Å². The second kappa shape index (κ2) is 5.91. The number of carbonyl (C=O) groups is 1. The van der Waals surface area contributed by atoms with E-state index in [1.165, 1.54) is 11.8 Å². The number of ether oxygens (including phenoxy) is 1. The van der Waals surface area contributed by atoms with Gasteiger partial charge >= 0.3 is 0 Å². The van der Waals surface area contributed by atoms with Gasteiger partial charge in [0.1, 0.15) is 17.2 Å². The molecule has 0 bridgehead atoms. The molecule has 0 aliphatic carbocycles. The minimum absolute atomic E-state index is 0.281. The van der Waals surface area contributed by atoms with E-state index in [-0.39, 0.29) is 11.8 Å². The lowest BCUT2D eigenvalue weighted by Crippen LogP contribution is -2.12. The van der Waals surface area contributed by atoms with Crippen LogP contribution in [0.3, 0.4) is 0 Å². The number of imidazole rings is 1. The van der Waals surface area contributed by atoms with Crippen LogP contribution in [0.2, 0.25) is 0 Å². The van der Waals surface area contributed by atoms with Crippen molar-refractivity contribution in [3.05, 3.63) is 48.3 Å². The molecule has 0 unspecified atom stereocenters. The van der Waals surface area contributed by atoms with Crippen molar-refractivity contribution in [3.63, 3.8) is 0 Å². The van der Waals surface area contributed by atoms with Crippen molar-refractivity contribution >= 4 is 11.6 Å². The normalized spacial score (nSPS) is 10.6. The highest BCUT2D eigenvalue weighted by Crippen LogP contribution is 2.17. The zero-order valence-corrected chi connectivity index (χ0v) is 13.0. The molecule has 0 radical (unpaired) electrons. The van der Waals surface area contributed by atoms with Gasteiger partial charge in [0.2, 0.25) is 5.88 Å². The minimum atomic E-state index is -0.302. The lowest BCUT2D eigenvalue weighted by molar-refractivity contribution is 0.102. The van der Waals surface area contributed by atoms with Crippen LogP contribution in [0.25, 0.3) is 5.82 Å². The van der Waals surface area contributed by atoms with E-state index in [1.807, 2.05) is 23.8 Å². The molecular formula is C15H16N6O2. The van der Waals surface area contributed by atoms with Gasteiger partial charge in [0.05, 0.1) is 19.0 Å². The van der Waals surface area contributed by atoms with E-state index in [0.29, 0.717) is 11.3 Å². The first-order valence-corrected chi connectivity index (χ1v) is 6.94. The highest BCUT2D eigenvalue weighted by Gasteiger charge is 2.16. The summed E-state index contributed by atoms with van der Waals surface area (Å²) < 4.78 is 8.47. The summed E-state index contributed by atoms with van der Waals surface area (Å²) in [5.41, 5.74) is 0.951. The zero-order valence-electron chi connectivity index (χ0n) is 13.0. The van der Waals surface area contributed by atoms with E-state index < -0.39 is 0 Å². The number of methoxy groups -OCH3 is 1. The van der Waals surface area contributed by atoms with Gasteiger partial charge in [-0.3, -0.25) is 14.0 Å². The summed E-state index contributed by atoms with van der Waals surface area (Å²) >= 11 is 0. The number of hydrogen-bond acceptors (Lipinski definition) is 5. The first-order chi connectivity index (χ1) is 11.1. The maximum atomic E-state index is 12.3. The molecule has 3 heterocycles. The Balaban J connectivity index is 1.78. The van der Waals surface area contributed by atoms with Crippen LogP contribution in [0.1, 0.15) is 16.2 Å². The molecule has 1 amide bonds. The number of pyridine rings is 1. The fraction of sp³-hybridized carbons (Fsp3) is 0.200. The third kappa shape index (κ3) is 2.91. The lowest BCUT2D eigenvalue weighted by Gasteiger charge is -2.07. The van der Waals surface area contributed by atoms with E-state index in [4.69, 9.17) is 4.74 Å². The fourth-order valence-electron chi connectivity index (χ4n) is 2.20. The van der Waals surface area contributed by atoms with Crippen LogP contribution in [-0.4, -0.2) is 37.3 Å². The van der Waals surface area contributed by atoms with Crippen molar-refractivity contribution in [1.29, 1.82) is 0 Å². The number of hydrogen-bond donors (Lipinski definition) is 1. The number of nitrogens with one attached hydrogen (secondary N) is 1. The highest BCUT2D eigenvalue weighted by molar-refractivity contribution is 6.05. The quantitative estimate of drug-likeness (QED) is 0.790. The molecule has 3 aromatic heterocycles. The van der Waals surface area contributed by atoms with Crippen molar-refractivity contribution < 1.29 is 9.53 Å². The van der Waals surface area contributed by atoms with Crippen LogP contribution in [0, 0.1) is 6.92 Å². The van der Waals surface area contributed by atoms with E-state index in [9.17, 15) is 4.79 Å². The topological polar surface area (TPSA) is 86.9 Å². The maximum absolute atomic E-state index is 12.3. The van der Waals surface area contributed by atoms with E-state index >= 15 is 0 Å². The molecule has 0 aromatic carbocycles. The molecule has 0 fully saturated rings. The van der Waals surface area contributed by atoms with Gasteiger partial charge in [0, 0.05) is 25.6 Å². The standard InChI is InChI=1S/C15H16N6O2/c1-10-16-6-7-21(10)13-5-4-11(8-17-13)18-14(22)12-9-20(2)19-15(12)23-3/h4-9H,1-3H3,(H,18,22). The van der Waals surface area contributed by atoms with Crippen LogP contribution < -0.4 is 10.1 Å². The van der Waals surface area contributed by atoms with Gasteiger partial charge in [-0.05, 0) is 19.1 Å². The summed E-state index contributed by atoms with van der Waals surface area (Å²) in [6.45, 7) is 1.89. The summed E-state index contributed by atoms with van der Waals surface area (Å²) in [7, 11) is 3.20. The van der Waals surface area contributed by atoms with Crippen molar-refractivity contribution in [2.24, 2.45) is 7.05 Å². The molecule has 23 heavy (non-hydrogen) atoms. The molecule has 0 aliphatic heterocycles. The number of nitrogens with zero attached hydrogens (tertiary/aromatic N) is 5. The van der Waals surface area contributed by atoms with E-state index in [0.717, 1.165) is 11.6 Å². The Morgan fingerprint density at radius 3 is 2.74 bits per heavy atom. The Bertz CT molecular complexity index is 834. The van der Waals surface area contributed by atoms with Gasteiger partial charge in [-0.15, -0.1) is 5.10 Å². The molecule has 8 nitrogen and oxygen atoms in total. The SMILES string of the molecule is COc1nn(C)cc1C(=O)Nc1ccc(-n2ccnc2C)nc1.